The molecule has 1 saturated heterocycles. The summed E-state index contributed by atoms with van der Waals surface area (Å²) in [7, 11) is 0. The smallest absolute Gasteiger partial charge is 0.171 e. The Hall–Kier alpha value is -1.73. The van der Waals surface area contributed by atoms with Crippen LogP contribution in [0.5, 0.6) is 5.75 Å². The van der Waals surface area contributed by atoms with Gasteiger partial charge in [-0.2, -0.15) is 0 Å². The quantitative estimate of drug-likeness (QED) is 0.743. The molecule has 1 N–H and O–H groups in total. The number of hydrogen-bond acceptors (Lipinski definition) is 4. The van der Waals surface area contributed by atoms with Crippen molar-refractivity contribution in [2.24, 2.45) is 5.92 Å². The summed E-state index contributed by atoms with van der Waals surface area (Å²) in [6.07, 6.45) is 1.23. The summed E-state index contributed by atoms with van der Waals surface area (Å²) in [6, 6.07) is 9.57. The average Bonchev–Trinajstić information content (AvgIpc) is 3.16. The first-order valence-corrected chi connectivity index (χ1v) is 10.1. The number of aliphatic hydroxyl groups excluding tert-OH is 1. The van der Waals surface area contributed by atoms with E-state index in [-0.39, 0.29) is 36.4 Å². The van der Waals surface area contributed by atoms with Crippen molar-refractivity contribution < 1.29 is 28.1 Å². The molecule has 156 valence electrons. The van der Waals surface area contributed by atoms with Gasteiger partial charge in [0.15, 0.2) is 17.4 Å². The zero-order valence-corrected chi connectivity index (χ0v) is 16.6. The van der Waals surface area contributed by atoms with Gasteiger partial charge >= 0.3 is 0 Å². The molecule has 0 bridgehead atoms. The molecule has 2 aromatic carbocycles. The largest absolute Gasteiger partial charge is 0.490 e. The molecule has 2 aliphatic rings. The lowest BCUT2D eigenvalue weighted by Crippen LogP contribution is -2.39. The van der Waals surface area contributed by atoms with Crippen molar-refractivity contribution in [3.05, 3.63) is 64.2 Å². The second-order valence-corrected chi connectivity index (χ2v) is 8.00. The van der Waals surface area contributed by atoms with Crippen LogP contribution < -0.4 is 4.74 Å². The van der Waals surface area contributed by atoms with Crippen LogP contribution in [0, 0.1) is 17.6 Å². The zero-order valence-electron chi connectivity index (χ0n) is 15.9. The molecule has 0 amide bonds. The fourth-order valence-corrected chi connectivity index (χ4v) is 4.48. The third-order valence-corrected chi connectivity index (χ3v) is 5.98. The Labute approximate surface area is 173 Å². The molecule has 0 aliphatic carbocycles. The van der Waals surface area contributed by atoms with Crippen LogP contribution in [0.4, 0.5) is 8.78 Å². The topological polar surface area (TPSA) is 47.9 Å². The highest BCUT2D eigenvalue weighted by Crippen LogP contribution is 2.46. The lowest BCUT2D eigenvalue weighted by Gasteiger charge is -2.38. The zero-order chi connectivity index (χ0) is 20.4. The van der Waals surface area contributed by atoms with Gasteiger partial charge in [0.25, 0.3) is 0 Å². The number of rotatable bonds is 6. The van der Waals surface area contributed by atoms with E-state index in [9.17, 15) is 13.9 Å². The van der Waals surface area contributed by atoms with Gasteiger partial charge in [0.1, 0.15) is 5.82 Å². The molecular formula is C22H23ClF2O4. The summed E-state index contributed by atoms with van der Waals surface area (Å²) < 4.78 is 46.5. The SMILES string of the molecule is OCCC1(C[C@@H]2COc3c(F)ccc(F)c3[C@H]2Cc2ccc(Cl)cc2)OCCO1. The molecule has 0 spiro atoms. The highest BCUT2D eigenvalue weighted by atomic mass is 35.5. The summed E-state index contributed by atoms with van der Waals surface area (Å²) in [5.41, 5.74) is 1.21. The second-order valence-electron chi connectivity index (χ2n) is 7.57. The van der Waals surface area contributed by atoms with Gasteiger partial charge in [-0.1, -0.05) is 23.7 Å². The summed E-state index contributed by atoms with van der Waals surface area (Å²) in [4.78, 5) is 0. The van der Waals surface area contributed by atoms with Crippen LogP contribution in [0.25, 0.3) is 0 Å². The van der Waals surface area contributed by atoms with Crippen LogP contribution in [-0.2, 0) is 15.9 Å². The Morgan fingerprint density at radius 3 is 2.41 bits per heavy atom. The normalized spacial score (nSPS) is 22.9. The second kappa shape index (κ2) is 8.56. The maximum atomic E-state index is 14.8. The first-order chi connectivity index (χ1) is 14.0. The number of fused-ring (bicyclic) bond motifs is 1. The van der Waals surface area contributed by atoms with Gasteiger partial charge in [-0.25, -0.2) is 8.78 Å². The summed E-state index contributed by atoms with van der Waals surface area (Å²) in [5.74, 6) is -2.53. The molecule has 4 nitrogen and oxygen atoms in total. The van der Waals surface area contributed by atoms with Crippen LogP contribution in [0.15, 0.2) is 36.4 Å². The van der Waals surface area contributed by atoms with E-state index in [4.69, 9.17) is 25.8 Å². The highest BCUT2D eigenvalue weighted by molar-refractivity contribution is 6.30. The molecule has 0 saturated carbocycles. The van der Waals surface area contributed by atoms with Crippen molar-refractivity contribution >= 4 is 11.6 Å². The van der Waals surface area contributed by atoms with Gasteiger partial charge in [0.2, 0.25) is 0 Å². The predicted octanol–water partition coefficient (Wildman–Crippen LogP) is 4.47. The lowest BCUT2D eigenvalue weighted by molar-refractivity contribution is -0.183. The maximum Gasteiger partial charge on any atom is 0.171 e. The monoisotopic (exact) mass is 424 g/mol. The van der Waals surface area contributed by atoms with Crippen molar-refractivity contribution in [3.63, 3.8) is 0 Å². The van der Waals surface area contributed by atoms with Crippen LogP contribution in [-0.4, -0.2) is 37.3 Å². The number of ether oxygens (including phenoxy) is 3. The molecule has 0 unspecified atom stereocenters. The molecular weight excluding hydrogens is 402 g/mol. The van der Waals surface area contributed by atoms with Gasteiger partial charge in [-0.3, -0.25) is 0 Å². The number of halogens is 3. The highest BCUT2D eigenvalue weighted by Gasteiger charge is 2.44. The third-order valence-electron chi connectivity index (χ3n) is 5.72. The number of benzene rings is 2. The van der Waals surface area contributed by atoms with E-state index < -0.39 is 17.4 Å². The number of hydrogen-bond donors (Lipinski definition) is 1. The summed E-state index contributed by atoms with van der Waals surface area (Å²) >= 11 is 5.99. The first-order valence-electron chi connectivity index (χ1n) is 9.75. The number of aliphatic hydroxyl groups is 1. The van der Waals surface area contributed by atoms with Gasteiger partial charge in [0.05, 0.1) is 19.8 Å². The van der Waals surface area contributed by atoms with Crippen LogP contribution >= 0.6 is 11.6 Å². The Bertz CT molecular complexity index is 853. The Kier molecular flexibility index (Phi) is 6.06. The maximum absolute atomic E-state index is 14.8. The van der Waals surface area contributed by atoms with Crippen molar-refractivity contribution in [3.8, 4) is 5.75 Å². The molecule has 2 aromatic rings. The van der Waals surface area contributed by atoms with E-state index in [1.165, 1.54) is 0 Å². The average molecular weight is 425 g/mol. The van der Waals surface area contributed by atoms with Gasteiger partial charge in [0, 0.05) is 41.9 Å². The van der Waals surface area contributed by atoms with Gasteiger partial charge < -0.3 is 19.3 Å². The van der Waals surface area contributed by atoms with E-state index in [0.717, 1.165) is 17.7 Å². The molecule has 0 aromatic heterocycles. The lowest BCUT2D eigenvalue weighted by atomic mass is 9.76. The Morgan fingerprint density at radius 1 is 1.03 bits per heavy atom. The molecule has 2 atom stereocenters. The van der Waals surface area contributed by atoms with Crippen molar-refractivity contribution in [1.82, 2.24) is 0 Å². The van der Waals surface area contributed by atoms with Gasteiger partial charge in [-0.05, 0) is 36.2 Å². The van der Waals surface area contributed by atoms with E-state index in [1.807, 2.05) is 12.1 Å². The minimum absolute atomic E-state index is 0.0234. The molecule has 4 rings (SSSR count). The minimum atomic E-state index is -0.928. The predicted molar refractivity (Wildman–Crippen MR) is 104 cm³/mol. The van der Waals surface area contributed by atoms with E-state index in [0.29, 0.717) is 37.5 Å². The Morgan fingerprint density at radius 2 is 1.72 bits per heavy atom. The minimum Gasteiger partial charge on any atom is -0.490 e. The van der Waals surface area contributed by atoms with E-state index >= 15 is 0 Å². The summed E-state index contributed by atoms with van der Waals surface area (Å²) in [5, 5.41) is 10.1. The fourth-order valence-electron chi connectivity index (χ4n) is 4.36. The Balaban J connectivity index is 1.69. The van der Waals surface area contributed by atoms with E-state index in [1.54, 1.807) is 12.1 Å². The van der Waals surface area contributed by atoms with Gasteiger partial charge in [-0.15, -0.1) is 0 Å². The molecule has 29 heavy (non-hydrogen) atoms. The van der Waals surface area contributed by atoms with Crippen molar-refractivity contribution in [2.75, 3.05) is 26.4 Å². The molecule has 7 heteroatoms. The molecule has 1 fully saturated rings. The molecule has 2 heterocycles. The first kappa shape index (κ1) is 20.5. The molecule has 2 aliphatic heterocycles. The molecule has 0 radical (unpaired) electrons. The van der Waals surface area contributed by atoms with Crippen molar-refractivity contribution in [1.29, 1.82) is 0 Å². The fraction of sp³-hybridized carbons (Fsp3) is 0.455. The van der Waals surface area contributed by atoms with Crippen LogP contribution in [0.1, 0.15) is 29.9 Å². The van der Waals surface area contributed by atoms with E-state index in [2.05, 4.69) is 0 Å². The van der Waals surface area contributed by atoms with Crippen LogP contribution in [0.3, 0.4) is 0 Å². The van der Waals surface area contributed by atoms with Crippen LogP contribution in [0.2, 0.25) is 5.02 Å². The third kappa shape index (κ3) is 4.26. The standard InChI is InChI=1S/C22H23ClF2O4/c23-16-3-1-14(2-4-16)11-17-15(12-22(7-8-26)28-9-10-29-22)13-27-21-19(25)6-5-18(24)20(17)21/h1-6,15,17,26H,7-13H2/t15-,17+/m1/s1. The summed E-state index contributed by atoms with van der Waals surface area (Å²) in [6.45, 7) is 1.00. The van der Waals surface area contributed by atoms with Crippen molar-refractivity contribution in [2.45, 2.75) is 31.0 Å².